The molecule has 1 N–H and O–H groups in total. The fourth-order valence-corrected chi connectivity index (χ4v) is 1.66. The van der Waals surface area contributed by atoms with E-state index in [1.807, 2.05) is 19.1 Å². The number of amides is 1. The summed E-state index contributed by atoms with van der Waals surface area (Å²) in [4.78, 5) is 23.6. The summed E-state index contributed by atoms with van der Waals surface area (Å²) in [5.41, 5.74) is 0.904. The third-order valence-electron chi connectivity index (χ3n) is 2.32. The third kappa shape index (κ3) is 4.59. The Morgan fingerprint density at radius 2 is 2.11 bits per heavy atom. The molecule has 1 aromatic rings. The summed E-state index contributed by atoms with van der Waals surface area (Å²) < 4.78 is 0. The summed E-state index contributed by atoms with van der Waals surface area (Å²) in [6, 6.07) is 7.21. The molecule has 0 spiro atoms. The van der Waals surface area contributed by atoms with E-state index in [2.05, 4.69) is 0 Å². The van der Waals surface area contributed by atoms with Crippen molar-refractivity contribution < 1.29 is 14.7 Å². The van der Waals surface area contributed by atoms with Gasteiger partial charge in [0.25, 0.3) is 0 Å². The van der Waals surface area contributed by atoms with Gasteiger partial charge in [0.2, 0.25) is 5.91 Å². The second-order valence-corrected chi connectivity index (χ2v) is 4.09. The van der Waals surface area contributed by atoms with Gasteiger partial charge in [-0.15, -0.1) is 0 Å². The van der Waals surface area contributed by atoms with Gasteiger partial charge in [-0.2, -0.15) is 0 Å². The fraction of sp³-hybridized carbons (Fsp3) is 0.231. The highest BCUT2D eigenvalue weighted by molar-refractivity contribution is 6.30. The van der Waals surface area contributed by atoms with Crippen LogP contribution < -0.4 is 0 Å². The van der Waals surface area contributed by atoms with Gasteiger partial charge in [-0.1, -0.05) is 23.7 Å². The lowest BCUT2D eigenvalue weighted by Crippen LogP contribution is -2.28. The molecule has 0 unspecified atom stereocenters. The molecule has 5 heteroatoms. The van der Waals surface area contributed by atoms with Crippen LogP contribution in [0.3, 0.4) is 0 Å². The van der Waals surface area contributed by atoms with Gasteiger partial charge in [0.05, 0.1) is 0 Å². The van der Waals surface area contributed by atoms with Gasteiger partial charge in [-0.25, -0.2) is 4.79 Å². The number of carbonyl (C=O) groups is 2. The maximum Gasteiger partial charge on any atom is 0.328 e. The molecule has 0 aromatic heterocycles. The Labute approximate surface area is 110 Å². The zero-order valence-electron chi connectivity index (χ0n) is 9.97. The van der Waals surface area contributed by atoms with Crippen molar-refractivity contribution in [1.82, 2.24) is 4.90 Å². The predicted molar refractivity (Wildman–Crippen MR) is 69.3 cm³/mol. The molecule has 0 fully saturated rings. The average molecular weight is 268 g/mol. The van der Waals surface area contributed by atoms with E-state index in [-0.39, 0.29) is 5.91 Å². The number of aliphatic carboxylic acids is 1. The molecule has 96 valence electrons. The van der Waals surface area contributed by atoms with Crippen molar-refractivity contribution in [2.75, 3.05) is 6.54 Å². The van der Waals surface area contributed by atoms with Crippen LogP contribution in [0.15, 0.2) is 36.4 Å². The smallest absolute Gasteiger partial charge is 0.328 e. The zero-order valence-corrected chi connectivity index (χ0v) is 10.7. The van der Waals surface area contributed by atoms with Crippen LogP contribution in [-0.4, -0.2) is 28.4 Å². The van der Waals surface area contributed by atoms with Crippen molar-refractivity contribution in [1.29, 1.82) is 0 Å². The summed E-state index contributed by atoms with van der Waals surface area (Å²) in [6.45, 7) is 2.73. The standard InChI is InChI=1S/C13H14ClNO3/c1-2-15(12(16)6-7-13(17)18)9-10-4-3-5-11(14)8-10/h3-8H,2,9H2,1H3,(H,17,18)/b7-6+. The first-order chi connectivity index (χ1) is 8.52. The van der Waals surface area contributed by atoms with Gasteiger partial charge < -0.3 is 10.0 Å². The number of hydrogen-bond acceptors (Lipinski definition) is 2. The average Bonchev–Trinajstić information content (AvgIpc) is 2.33. The number of carbonyl (C=O) groups excluding carboxylic acids is 1. The molecule has 0 saturated carbocycles. The van der Waals surface area contributed by atoms with E-state index in [4.69, 9.17) is 16.7 Å². The van der Waals surface area contributed by atoms with Crippen LogP contribution >= 0.6 is 11.6 Å². The van der Waals surface area contributed by atoms with Crippen molar-refractivity contribution in [3.05, 3.63) is 47.0 Å². The van der Waals surface area contributed by atoms with Gasteiger partial charge in [-0.05, 0) is 24.6 Å². The van der Waals surface area contributed by atoms with Crippen LogP contribution in [0.25, 0.3) is 0 Å². The van der Waals surface area contributed by atoms with Gasteiger partial charge in [0, 0.05) is 30.3 Å². The van der Waals surface area contributed by atoms with Gasteiger partial charge in [0.1, 0.15) is 0 Å². The van der Waals surface area contributed by atoms with Crippen molar-refractivity contribution in [3.8, 4) is 0 Å². The molecule has 0 radical (unpaired) electrons. The maximum absolute atomic E-state index is 11.7. The third-order valence-corrected chi connectivity index (χ3v) is 2.56. The van der Waals surface area contributed by atoms with E-state index in [9.17, 15) is 9.59 Å². The molecule has 0 aliphatic heterocycles. The number of carboxylic acid groups (broad SMARTS) is 1. The molecule has 4 nitrogen and oxygen atoms in total. The number of hydrogen-bond donors (Lipinski definition) is 1. The molecule has 0 heterocycles. The quantitative estimate of drug-likeness (QED) is 0.833. The van der Waals surface area contributed by atoms with Gasteiger partial charge in [-0.3, -0.25) is 4.79 Å². The second-order valence-electron chi connectivity index (χ2n) is 3.65. The highest BCUT2D eigenvalue weighted by atomic mass is 35.5. The summed E-state index contributed by atoms with van der Waals surface area (Å²) in [5, 5.41) is 9.08. The largest absolute Gasteiger partial charge is 0.478 e. The molecule has 0 saturated heterocycles. The minimum atomic E-state index is -1.14. The fourth-order valence-electron chi connectivity index (χ4n) is 1.45. The number of halogens is 1. The topological polar surface area (TPSA) is 57.6 Å². The number of likely N-dealkylation sites (N-methyl/N-ethyl adjacent to an activating group) is 1. The van der Waals surface area contributed by atoms with Crippen molar-refractivity contribution >= 4 is 23.5 Å². The van der Waals surface area contributed by atoms with Gasteiger partial charge in [0.15, 0.2) is 0 Å². The van der Waals surface area contributed by atoms with Crippen LogP contribution in [-0.2, 0) is 16.1 Å². The van der Waals surface area contributed by atoms with E-state index in [1.165, 1.54) is 4.90 Å². The molecule has 1 amide bonds. The Morgan fingerprint density at radius 1 is 1.39 bits per heavy atom. The minimum absolute atomic E-state index is 0.333. The molecule has 18 heavy (non-hydrogen) atoms. The zero-order chi connectivity index (χ0) is 13.5. The van der Waals surface area contributed by atoms with Crippen LogP contribution in [0.5, 0.6) is 0 Å². The van der Waals surface area contributed by atoms with Crippen molar-refractivity contribution in [2.24, 2.45) is 0 Å². The number of benzene rings is 1. The second kappa shape index (κ2) is 6.81. The molecule has 0 aliphatic rings. The normalized spacial score (nSPS) is 10.6. The number of nitrogens with zero attached hydrogens (tertiary/aromatic N) is 1. The van der Waals surface area contributed by atoms with Crippen LogP contribution in [0.1, 0.15) is 12.5 Å². The molecule has 0 aliphatic carbocycles. The number of rotatable bonds is 5. The van der Waals surface area contributed by atoms with Crippen LogP contribution in [0.4, 0.5) is 0 Å². The summed E-state index contributed by atoms with van der Waals surface area (Å²) in [5.74, 6) is -1.47. The van der Waals surface area contributed by atoms with E-state index in [0.717, 1.165) is 17.7 Å². The van der Waals surface area contributed by atoms with E-state index in [1.54, 1.807) is 12.1 Å². The molecule has 1 aromatic carbocycles. The maximum atomic E-state index is 11.7. The molecule has 0 atom stereocenters. The Kier molecular flexibility index (Phi) is 5.39. The van der Waals surface area contributed by atoms with Crippen LogP contribution in [0.2, 0.25) is 5.02 Å². The number of carboxylic acids is 1. The van der Waals surface area contributed by atoms with Crippen molar-refractivity contribution in [3.63, 3.8) is 0 Å². The first-order valence-corrected chi connectivity index (χ1v) is 5.85. The monoisotopic (exact) mass is 267 g/mol. The van der Waals surface area contributed by atoms with Crippen molar-refractivity contribution in [2.45, 2.75) is 13.5 Å². The van der Waals surface area contributed by atoms with Gasteiger partial charge >= 0.3 is 5.97 Å². The summed E-state index contributed by atoms with van der Waals surface area (Å²) >= 11 is 5.86. The Bertz CT molecular complexity index is 471. The van der Waals surface area contributed by atoms with E-state index < -0.39 is 5.97 Å². The molecule has 1 rings (SSSR count). The van der Waals surface area contributed by atoms with Crippen LogP contribution in [0, 0.1) is 0 Å². The van der Waals surface area contributed by atoms with E-state index >= 15 is 0 Å². The minimum Gasteiger partial charge on any atom is -0.478 e. The molecular weight excluding hydrogens is 254 g/mol. The summed E-state index contributed by atoms with van der Waals surface area (Å²) in [6.07, 6.45) is 1.89. The highest BCUT2D eigenvalue weighted by Crippen LogP contribution is 2.12. The summed E-state index contributed by atoms with van der Waals surface area (Å²) in [7, 11) is 0. The lowest BCUT2D eigenvalue weighted by atomic mass is 10.2. The Morgan fingerprint density at radius 3 is 2.67 bits per heavy atom. The highest BCUT2D eigenvalue weighted by Gasteiger charge is 2.09. The first-order valence-electron chi connectivity index (χ1n) is 5.47. The predicted octanol–water partition coefficient (Wildman–Crippen LogP) is 2.33. The molecular formula is C13H14ClNO3. The lowest BCUT2D eigenvalue weighted by molar-refractivity contribution is -0.132. The first kappa shape index (κ1) is 14.3. The molecule has 0 bridgehead atoms. The SMILES string of the molecule is CCN(Cc1cccc(Cl)c1)C(=O)/C=C/C(=O)O. The Balaban J connectivity index is 2.73. The lowest BCUT2D eigenvalue weighted by Gasteiger charge is -2.19. The Hall–Kier alpha value is -1.81. The van der Waals surface area contributed by atoms with E-state index in [0.29, 0.717) is 18.1 Å².